The Balaban J connectivity index is 2.00. The van der Waals surface area contributed by atoms with Crippen LogP contribution in [0.1, 0.15) is 26.2 Å². The zero-order valence-electron chi connectivity index (χ0n) is 9.81. The summed E-state index contributed by atoms with van der Waals surface area (Å²) >= 11 is 0. The van der Waals surface area contributed by atoms with Gasteiger partial charge in [0, 0.05) is 13.1 Å². The highest BCUT2D eigenvalue weighted by atomic mass is 19.4. The van der Waals surface area contributed by atoms with Gasteiger partial charge >= 0.3 is 6.18 Å². The average Bonchev–Trinajstić information content (AvgIpc) is 2.92. The molecule has 0 unspecified atom stereocenters. The molecule has 2 aliphatic rings. The van der Waals surface area contributed by atoms with E-state index in [0.29, 0.717) is 25.9 Å². The Morgan fingerprint density at radius 1 is 1.41 bits per heavy atom. The van der Waals surface area contributed by atoms with Gasteiger partial charge in [0.15, 0.2) is 0 Å². The van der Waals surface area contributed by atoms with Crippen LogP contribution < -0.4 is 0 Å². The van der Waals surface area contributed by atoms with Crippen molar-refractivity contribution in [1.29, 1.82) is 0 Å². The van der Waals surface area contributed by atoms with Crippen LogP contribution in [0.2, 0.25) is 0 Å². The molecular formula is C12H16F3NO. The maximum atomic E-state index is 12.5. The summed E-state index contributed by atoms with van der Waals surface area (Å²) < 4.78 is 37.6. The van der Waals surface area contributed by atoms with E-state index in [0.717, 1.165) is 5.57 Å². The van der Waals surface area contributed by atoms with Gasteiger partial charge in [0.2, 0.25) is 5.91 Å². The van der Waals surface area contributed by atoms with Crippen LogP contribution in [0.4, 0.5) is 13.2 Å². The van der Waals surface area contributed by atoms with E-state index in [4.69, 9.17) is 0 Å². The molecule has 17 heavy (non-hydrogen) atoms. The highest BCUT2D eigenvalue weighted by molar-refractivity contribution is 5.86. The van der Waals surface area contributed by atoms with Gasteiger partial charge in [0.05, 0.1) is 11.3 Å². The molecule has 0 spiro atoms. The summed E-state index contributed by atoms with van der Waals surface area (Å²) in [6.07, 6.45) is -2.90. The Morgan fingerprint density at radius 2 is 1.94 bits per heavy atom. The predicted molar refractivity (Wildman–Crippen MR) is 57.2 cm³/mol. The summed E-state index contributed by atoms with van der Waals surface area (Å²) in [5.41, 5.74) is -0.140. The molecule has 96 valence electrons. The molecule has 0 aromatic rings. The zero-order chi connectivity index (χ0) is 12.8. The van der Waals surface area contributed by atoms with Crippen LogP contribution in [0.25, 0.3) is 0 Å². The Hall–Kier alpha value is -1.00. The van der Waals surface area contributed by atoms with E-state index < -0.39 is 17.5 Å². The molecule has 2 fully saturated rings. The third-order valence-corrected chi connectivity index (χ3v) is 3.88. The van der Waals surface area contributed by atoms with Gasteiger partial charge in [-0.1, -0.05) is 19.1 Å². The first-order chi connectivity index (χ1) is 7.75. The maximum absolute atomic E-state index is 12.5. The third kappa shape index (κ3) is 2.19. The Labute approximate surface area is 98.5 Å². The molecule has 0 aromatic carbocycles. The lowest BCUT2D eigenvalue weighted by molar-refractivity contribution is -0.164. The maximum Gasteiger partial charge on any atom is 0.392 e. The van der Waals surface area contributed by atoms with Crippen LogP contribution in [0.5, 0.6) is 0 Å². The highest BCUT2D eigenvalue weighted by Crippen LogP contribution is 2.61. The van der Waals surface area contributed by atoms with E-state index in [1.807, 2.05) is 0 Å². The number of hydrogen-bond donors (Lipinski definition) is 0. The van der Waals surface area contributed by atoms with Gasteiger partial charge in [-0.25, -0.2) is 0 Å². The number of halogens is 3. The van der Waals surface area contributed by atoms with Crippen LogP contribution in [-0.4, -0.2) is 30.1 Å². The molecule has 5 heteroatoms. The van der Waals surface area contributed by atoms with Crippen LogP contribution in [0.3, 0.4) is 0 Å². The lowest BCUT2D eigenvalue weighted by Crippen LogP contribution is -2.41. The summed E-state index contributed by atoms with van der Waals surface area (Å²) in [6, 6.07) is 0. The second-order valence-electron chi connectivity index (χ2n) is 5.26. The summed E-state index contributed by atoms with van der Waals surface area (Å²) in [5, 5.41) is 0. The standard InChI is InChI=1S/C12H16F3NO/c1-8-3-5-16(6-4-8)10(17)11(2)7-9(11)12(13,14)15/h9H,1,3-7H2,2H3/t9-,11-/m1/s1. The third-order valence-electron chi connectivity index (χ3n) is 3.88. The molecule has 0 aromatic heterocycles. The molecule has 2 rings (SSSR count). The molecule has 1 heterocycles. The molecule has 2 atom stereocenters. The largest absolute Gasteiger partial charge is 0.392 e. The number of carbonyl (C=O) groups excluding carboxylic acids is 1. The first-order valence-corrected chi connectivity index (χ1v) is 5.78. The first kappa shape index (κ1) is 12.5. The summed E-state index contributed by atoms with van der Waals surface area (Å²) in [6.45, 7) is 6.27. The fourth-order valence-corrected chi connectivity index (χ4v) is 2.47. The van der Waals surface area contributed by atoms with E-state index in [1.165, 1.54) is 6.92 Å². The van der Waals surface area contributed by atoms with Crippen molar-refractivity contribution in [2.75, 3.05) is 13.1 Å². The SMILES string of the molecule is C=C1CCN(C(=O)[C@]2(C)C[C@H]2C(F)(F)F)CC1. The van der Waals surface area contributed by atoms with Gasteiger partial charge in [0.25, 0.3) is 0 Å². The van der Waals surface area contributed by atoms with Crippen molar-refractivity contribution < 1.29 is 18.0 Å². The average molecular weight is 247 g/mol. The number of rotatable bonds is 1. The van der Waals surface area contributed by atoms with Crippen molar-refractivity contribution in [3.8, 4) is 0 Å². The fraction of sp³-hybridized carbons (Fsp3) is 0.750. The van der Waals surface area contributed by atoms with Gasteiger partial charge < -0.3 is 4.90 Å². The van der Waals surface area contributed by atoms with E-state index in [-0.39, 0.29) is 12.3 Å². The molecule has 1 aliphatic heterocycles. The second-order valence-corrected chi connectivity index (χ2v) is 5.26. The molecular weight excluding hydrogens is 231 g/mol. The van der Waals surface area contributed by atoms with Crippen molar-refractivity contribution in [1.82, 2.24) is 4.90 Å². The number of nitrogens with zero attached hydrogens (tertiary/aromatic N) is 1. The molecule has 1 aliphatic carbocycles. The normalized spacial score (nSPS) is 33.8. The molecule has 1 amide bonds. The molecule has 2 nitrogen and oxygen atoms in total. The van der Waals surface area contributed by atoms with E-state index in [9.17, 15) is 18.0 Å². The monoisotopic (exact) mass is 247 g/mol. The quantitative estimate of drug-likeness (QED) is 0.652. The number of alkyl halides is 3. The van der Waals surface area contributed by atoms with Crippen molar-refractivity contribution in [3.05, 3.63) is 12.2 Å². The predicted octanol–water partition coefficient (Wildman–Crippen LogP) is 2.75. The number of likely N-dealkylation sites (tertiary alicyclic amines) is 1. The van der Waals surface area contributed by atoms with Crippen LogP contribution in [-0.2, 0) is 4.79 Å². The smallest absolute Gasteiger partial charge is 0.342 e. The van der Waals surface area contributed by atoms with Crippen molar-refractivity contribution in [3.63, 3.8) is 0 Å². The van der Waals surface area contributed by atoms with Gasteiger partial charge in [-0.2, -0.15) is 13.2 Å². The number of piperidine rings is 1. The lowest BCUT2D eigenvalue weighted by atomic mass is 10.0. The second kappa shape index (κ2) is 3.75. The van der Waals surface area contributed by atoms with Gasteiger partial charge in [0.1, 0.15) is 0 Å². The van der Waals surface area contributed by atoms with Crippen LogP contribution >= 0.6 is 0 Å². The number of carbonyl (C=O) groups is 1. The fourth-order valence-electron chi connectivity index (χ4n) is 2.47. The summed E-state index contributed by atoms with van der Waals surface area (Å²) in [7, 11) is 0. The first-order valence-electron chi connectivity index (χ1n) is 5.78. The van der Waals surface area contributed by atoms with Crippen molar-refractivity contribution >= 4 is 5.91 Å². The van der Waals surface area contributed by atoms with Crippen LogP contribution in [0, 0.1) is 11.3 Å². The van der Waals surface area contributed by atoms with E-state index in [1.54, 1.807) is 4.90 Å². The molecule has 0 radical (unpaired) electrons. The topological polar surface area (TPSA) is 20.3 Å². The minimum atomic E-state index is -4.25. The number of hydrogen-bond acceptors (Lipinski definition) is 1. The van der Waals surface area contributed by atoms with E-state index in [2.05, 4.69) is 6.58 Å². The Morgan fingerprint density at radius 3 is 2.35 bits per heavy atom. The number of amides is 1. The van der Waals surface area contributed by atoms with Crippen molar-refractivity contribution in [2.24, 2.45) is 11.3 Å². The zero-order valence-corrected chi connectivity index (χ0v) is 9.81. The lowest BCUT2D eigenvalue weighted by Gasteiger charge is -2.31. The summed E-state index contributed by atoms with van der Waals surface area (Å²) in [4.78, 5) is 13.6. The van der Waals surface area contributed by atoms with Gasteiger partial charge in [-0.15, -0.1) is 0 Å². The van der Waals surface area contributed by atoms with Crippen molar-refractivity contribution in [2.45, 2.75) is 32.4 Å². The minimum Gasteiger partial charge on any atom is -0.342 e. The van der Waals surface area contributed by atoms with E-state index >= 15 is 0 Å². The Bertz CT molecular complexity index is 353. The minimum absolute atomic E-state index is 0.0627. The van der Waals surface area contributed by atoms with Gasteiger partial charge in [-0.05, 0) is 19.3 Å². The van der Waals surface area contributed by atoms with Crippen LogP contribution in [0.15, 0.2) is 12.2 Å². The molecule has 0 N–H and O–H groups in total. The Kier molecular flexibility index (Phi) is 2.75. The van der Waals surface area contributed by atoms with Gasteiger partial charge in [-0.3, -0.25) is 4.79 Å². The molecule has 0 bridgehead atoms. The highest BCUT2D eigenvalue weighted by Gasteiger charge is 2.68. The molecule has 1 saturated heterocycles. The molecule has 1 saturated carbocycles. The summed E-state index contributed by atoms with van der Waals surface area (Å²) in [5.74, 6) is -1.79.